The maximum absolute atomic E-state index is 5.25. The Morgan fingerprint density at radius 3 is 2.92 bits per heavy atom. The third-order valence-corrected chi connectivity index (χ3v) is 2.61. The van der Waals surface area contributed by atoms with Crippen LogP contribution in [0.5, 0.6) is 11.5 Å². The van der Waals surface area contributed by atoms with Crippen LogP contribution in [0.3, 0.4) is 0 Å². The Bertz CT molecular complexity index is 480. The highest BCUT2D eigenvalue weighted by molar-refractivity contribution is 9.10. The molecular weight excluding hydrogens is 236 g/mol. The number of aromatic amines is 1. The Balaban J connectivity index is 2.38. The van der Waals surface area contributed by atoms with Crippen LogP contribution >= 0.6 is 15.9 Å². The topological polar surface area (TPSA) is 47.1 Å². The highest BCUT2D eigenvalue weighted by Gasteiger charge is 2.16. The molecule has 3 rings (SSSR count). The number of H-pyrrole nitrogens is 1. The fourth-order valence-corrected chi connectivity index (χ4v) is 1.78. The third-order valence-electron chi connectivity index (χ3n) is 2.00. The van der Waals surface area contributed by atoms with Gasteiger partial charge in [0.05, 0.1) is 5.52 Å². The predicted molar refractivity (Wildman–Crippen MR) is 49.9 cm³/mol. The van der Waals surface area contributed by atoms with Crippen molar-refractivity contribution < 1.29 is 9.47 Å². The first-order valence-corrected chi connectivity index (χ1v) is 4.57. The summed E-state index contributed by atoms with van der Waals surface area (Å²) in [4.78, 5) is 0. The lowest BCUT2D eigenvalue weighted by Crippen LogP contribution is -1.92. The molecular formula is C8H5BrN2O2. The smallest absolute Gasteiger partial charge is 0.231 e. The summed E-state index contributed by atoms with van der Waals surface area (Å²) in [5.41, 5.74) is 0.871. The van der Waals surface area contributed by atoms with E-state index in [9.17, 15) is 0 Å². The van der Waals surface area contributed by atoms with Crippen molar-refractivity contribution in [1.82, 2.24) is 10.2 Å². The predicted octanol–water partition coefficient (Wildman–Crippen LogP) is 2.05. The molecule has 1 aliphatic rings. The van der Waals surface area contributed by atoms with Gasteiger partial charge in [0.2, 0.25) is 6.79 Å². The van der Waals surface area contributed by atoms with Gasteiger partial charge in [0, 0.05) is 11.5 Å². The highest BCUT2D eigenvalue weighted by atomic mass is 79.9. The second-order valence-electron chi connectivity index (χ2n) is 2.76. The van der Waals surface area contributed by atoms with Crippen LogP contribution in [-0.4, -0.2) is 17.0 Å². The van der Waals surface area contributed by atoms with E-state index in [2.05, 4.69) is 26.1 Å². The molecule has 1 aromatic carbocycles. The van der Waals surface area contributed by atoms with Gasteiger partial charge in [0.15, 0.2) is 11.5 Å². The van der Waals surface area contributed by atoms with E-state index in [1.165, 1.54) is 0 Å². The number of benzene rings is 1. The number of ether oxygens (including phenoxy) is 2. The number of fused-ring (bicyclic) bond motifs is 2. The lowest BCUT2D eigenvalue weighted by molar-refractivity contribution is 0.174. The molecule has 1 aliphatic heterocycles. The molecule has 0 atom stereocenters. The van der Waals surface area contributed by atoms with Crippen LogP contribution in [-0.2, 0) is 0 Å². The molecule has 66 valence electrons. The van der Waals surface area contributed by atoms with Crippen molar-refractivity contribution in [1.29, 1.82) is 0 Å². The number of hydrogen-bond donors (Lipinski definition) is 1. The van der Waals surface area contributed by atoms with Crippen LogP contribution in [0.2, 0.25) is 0 Å². The van der Waals surface area contributed by atoms with Gasteiger partial charge in [0.1, 0.15) is 4.60 Å². The summed E-state index contributed by atoms with van der Waals surface area (Å²) in [7, 11) is 0. The van der Waals surface area contributed by atoms with Gasteiger partial charge in [-0.1, -0.05) is 0 Å². The largest absolute Gasteiger partial charge is 0.454 e. The Labute approximate surface area is 82.0 Å². The van der Waals surface area contributed by atoms with Crippen molar-refractivity contribution in [3.63, 3.8) is 0 Å². The monoisotopic (exact) mass is 240 g/mol. The zero-order valence-electron chi connectivity index (χ0n) is 6.50. The van der Waals surface area contributed by atoms with Crippen molar-refractivity contribution in [2.75, 3.05) is 6.79 Å². The fraction of sp³-hybridized carbons (Fsp3) is 0.125. The Morgan fingerprint density at radius 2 is 2.08 bits per heavy atom. The van der Waals surface area contributed by atoms with E-state index in [1.807, 2.05) is 12.1 Å². The van der Waals surface area contributed by atoms with E-state index in [-0.39, 0.29) is 0 Å². The molecule has 0 spiro atoms. The molecule has 2 aromatic rings. The van der Waals surface area contributed by atoms with Crippen LogP contribution in [0.4, 0.5) is 0 Å². The first kappa shape index (κ1) is 7.20. The number of aromatic nitrogens is 2. The third kappa shape index (κ3) is 0.935. The fourth-order valence-electron chi connectivity index (χ4n) is 1.37. The van der Waals surface area contributed by atoms with Crippen LogP contribution in [0.25, 0.3) is 10.9 Å². The lowest BCUT2D eigenvalue weighted by Gasteiger charge is -1.94. The van der Waals surface area contributed by atoms with Crippen molar-refractivity contribution in [3.05, 3.63) is 16.7 Å². The average molecular weight is 241 g/mol. The maximum atomic E-state index is 5.25. The summed E-state index contributed by atoms with van der Waals surface area (Å²) >= 11 is 3.36. The van der Waals surface area contributed by atoms with Gasteiger partial charge >= 0.3 is 0 Å². The Hall–Kier alpha value is -1.23. The van der Waals surface area contributed by atoms with E-state index in [0.29, 0.717) is 6.79 Å². The quantitative estimate of drug-likeness (QED) is 0.767. The van der Waals surface area contributed by atoms with E-state index in [1.54, 1.807) is 0 Å². The Kier molecular flexibility index (Phi) is 1.32. The molecule has 0 fully saturated rings. The van der Waals surface area contributed by atoms with Crippen LogP contribution in [0, 0.1) is 0 Å². The number of rotatable bonds is 0. The van der Waals surface area contributed by atoms with Gasteiger partial charge in [-0.15, -0.1) is 0 Å². The Morgan fingerprint density at radius 1 is 1.31 bits per heavy atom. The normalized spacial score (nSPS) is 13.9. The first-order valence-electron chi connectivity index (χ1n) is 3.78. The van der Waals surface area contributed by atoms with E-state index < -0.39 is 0 Å². The van der Waals surface area contributed by atoms with Crippen LogP contribution in [0.15, 0.2) is 16.7 Å². The summed E-state index contributed by atoms with van der Waals surface area (Å²) in [5.74, 6) is 1.53. The average Bonchev–Trinajstić information content (AvgIpc) is 2.70. The number of hydrogen-bond acceptors (Lipinski definition) is 3. The number of halogens is 1. The summed E-state index contributed by atoms with van der Waals surface area (Å²) in [6.45, 7) is 0.295. The maximum Gasteiger partial charge on any atom is 0.231 e. The van der Waals surface area contributed by atoms with Gasteiger partial charge < -0.3 is 9.47 Å². The molecule has 1 aromatic heterocycles. The molecule has 5 heteroatoms. The SMILES string of the molecule is Brc1[nH]nc2cc3c(cc12)OCO3. The molecule has 2 heterocycles. The molecule has 1 N–H and O–H groups in total. The molecule has 0 unspecified atom stereocenters. The number of nitrogens with one attached hydrogen (secondary N) is 1. The molecule has 0 bridgehead atoms. The molecule has 0 amide bonds. The minimum Gasteiger partial charge on any atom is -0.454 e. The van der Waals surface area contributed by atoms with Crippen molar-refractivity contribution in [2.45, 2.75) is 0 Å². The van der Waals surface area contributed by atoms with Gasteiger partial charge in [-0.05, 0) is 22.0 Å². The van der Waals surface area contributed by atoms with Crippen LogP contribution in [0.1, 0.15) is 0 Å². The molecule has 4 nitrogen and oxygen atoms in total. The van der Waals surface area contributed by atoms with Gasteiger partial charge in [-0.25, -0.2) is 0 Å². The highest BCUT2D eigenvalue weighted by Crippen LogP contribution is 2.37. The van der Waals surface area contributed by atoms with Gasteiger partial charge in [-0.3, -0.25) is 5.10 Å². The van der Waals surface area contributed by atoms with Gasteiger partial charge in [0.25, 0.3) is 0 Å². The molecule has 0 radical (unpaired) electrons. The molecule has 13 heavy (non-hydrogen) atoms. The van der Waals surface area contributed by atoms with E-state index >= 15 is 0 Å². The van der Waals surface area contributed by atoms with Crippen molar-refractivity contribution in [2.24, 2.45) is 0 Å². The summed E-state index contributed by atoms with van der Waals surface area (Å²) < 4.78 is 11.3. The first-order chi connectivity index (χ1) is 6.34. The summed E-state index contributed by atoms with van der Waals surface area (Å²) in [5, 5.41) is 7.93. The molecule has 0 saturated heterocycles. The van der Waals surface area contributed by atoms with Crippen LogP contribution < -0.4 is 9.47 Å². The minimum absolute atomic E-state index is 0.295. The molecule has 0 saturated carbocycles. The summed E-state index contributed by atoms with van der Waals surface area (Å²) in [6.07, 6.45) is 0. The van der Waals surface area contributed by atoms with Gasteiger partial charge in [-0.2, -0.15) is 5.10 Å². The van der Waals surface area contributed by atoms with E-state index in [0.717, 1.165) is 27.0 Å². The minimum atomic E-state index is 0.295. The number of nitrogens with zero attached hydrogens (tertiary/aromatic N) is 1. The second kappa shape index (κ2) is 2.38. The van der Waals surface area contributed by atoms with E-state index in [4.69, 9.17) is 9.47 Å². The molecule has 0 aliphatic carbocycles. The summed E-state index contributed by atoms with van der Waals surface area (Å²) in [6, 6.07) is 3.77. The zero-order valence-corrected chi connectivity index (χ0v) is 8.09. The lowest BCUT2D eigenvalue weighted by atomic mass is 10.2. The van der Waals surface area contributed by atoms with Crippen molar-refractivity contribution >= 4 is 26.8 Å². The second-order valence-corrected chi connectivity index (χ2v) is 3.55. The standard InChI is InChI=1S/C8H5BrN2O2/c9-8-4-1-6-7(13-3-12-6)2-5(4)10-11-8/h1-2H,3H2,(H,10,11). The zero-order chi connectivity index (χ0) is 8.84. The van der Waals surface area contributed by atoms with Crippen molar-refractivity contribution in [3.8, 4) is 11.5 Å².